The Balaban J connectivity index is 2.39. The number of nitrogens with zero attached hydrogens (tertiary/aromatic N) is 3. The second-order valence-electron chi connectivity index (χ2n) is 4.93. The summed E-state index contributed by atoms with van der Waals surface area (Å²) in [4.78, 5) is 2.85. The van der Waals surface area contributed by atoms with E-state index in [2.05, 4.69) is 4.98 Å². The Morgan fingerprint density at radius 3 is 2.52 bits per heavy atom. The average molecular weight is 404 g/mol. The lowest BCUT2D eigenvalue weighted by Crippen LogP contribution is -2.28. The minimum Gasteiger partial charge on any atom is -0.277 e. The van der Waals surface area contributed by atoms with E-state index in [1.54, 1.807) is 0 Å². The summed E-state index contributed by atoms with van der Waals surface area (Å²) in [6, 6.07) is 1.85. The van der Waals surface area contributed by atoms with Crippen molar-refractivity contribution in [1.82, 2.24) is 13.9 Å². The largest absolute Gasteiger partial charge is 0.416 e. The number of alkyl halides is 5. The highest BCUT2D eigenvalue weighted by molar-refractivity contribution is 7.89. The third kappa shape index (κ3) is 4.10. The molecule has 5 nitrogen and oxygen atoms in total. The molecule has 0 spiro atoms. The van der Waals surface area contributed by atoms with Gasteiger partial charge in [0.1, 0.15) is 10.7 Å². The second-order valence-corrected chi connectivity index (χ2v) is 7.35. The van der Waals surface area contributed by atoms with Crippen LogP contribution in [0.1, 0.15) is 17.9 Å². The summed E-state index contributed by atoms with van der Waals surface area (Å²) < 4.78 is 90.0. The smallest absolute Gasteiger partial charge is 0.277 e. The lowest BCUT2D eigenvalue weighted by Gasteiger charge is -2.19. The van der Waals surface area contributed by atoms with Gasteiger partial charge in [-0.3, -0.25) is 4.57 Å². The first-order chi connectivity index (χ1) is 11.4. The zero-order valence-corrected chi connectivity index (χ0v) is 14.1. The first kappa shape index (κ1) is 19.6. The minimum atomic E-state index is -4.76. The fourth-order valence-electron chi connectivity index (χ4n) is 1.97. The monoisotopic (exact) mass is 403 g/mol. The van der Waals surface area contributed by atoms with Crippen LogP contribution in [-0.2, 0) is 22.7 Å². The fraction of sp³-hybridized carbons (Fsp3) is 0.308. The summed E-state index contributed by atoms with van der Waals surface area (Å²) in [5.41, 5.74) is -1.20. The van der Waals surface area contributed by atoms with Gasteiger partial charge >= 0.3 is 12.7 Å². The van der Waals surface area contributed by atoms with E-state index in [4.69, 9.17) is 11.6 Å². The van der Waals surface area contributed by atoms with E-state index in [0.717, 1.165) is 25.5 Å². The standard InChI is InChI=1S/C13H11ClF5N3O2S/c1-21(7-11-20-4-5-22(11)12(15)16)25(23,24)10-6-8(13(17,18)19)2-3-9(10)14/h2-6,12H,7H2,1H3. The van der Waals surface area contributed by atoms with Crippen LogP contribution in [0.15, 0.2) is 35.5 Å². The van der Waals surface area contributed by atoms with Crippen LogP contribution in [0.25, 0.3) is 0 Å². The van der Waals surface area contributed by atoms with Gasteiger partial charge in [-0.1, -0.05) is 11.6 Å². The SMILES string of the molecule is CN(Cc1nccn1C(F)F)S(=O)(=O)c1cc(C(F)(F)F)ccc1Cl. The molecule has 0 saturated carbocycles. The maximum Gasteiger partial charge on any atom is 0.416 e. The quantitative estimate of drug-likeness (QED) is 0.714. The lowest BCUT2D eigenvalue weighted by atomic mass is 10.2. The number of imidazole rings is 1. The number of benzene rings is 1. The summed E-state index contributed by atoms with van der Waals surface area (Å²) in [6.45, 7) is -3.52. The van der Waals surface area contributed by atoms with Crippen LogP contribution in [0.5, 0.6) is 0 Å². The van der Waals surface area contributed by atoms with Crippen molar-refractivity contribution in [2.24, 2.45) is 0 Å². The molecule has 0 N–H and O–H groups in total. The van der Waals surface area contributed by atoms with Crippen molar-refractivity contribution in [2.45, 2.75) is 24.2 Å². The average Bonchev–Trinajstić information content (AvgIpc) is 2.94. The molecule has 2 rings (SSSR count). The van der Waals surface area contributed by atoms with Gasteiger partial charge in [-0.25, -0.2) is 13.4 Å². The predicted octanol–water partition coefficient (Wildman–Crippen LogP) is 3.77. The number of hydrogen-bond donors (Lipinski definition) is 0. The maximum atomic E-state index is 12.8. The molecular formula is C13H11ClF5N3O2S. The molecule has 0 aliphatic heterocycles. The molecule has 2 aromatic rings. The number of aromatic nitrogens is 2. The zero-order valence-electron chi connectivity index (χ0n) is 12.5. The molecule has 1 aromatic heterocycles. The van der Waals surface area contributed by atoms with E-state index in [-0.39, 0.29) is 5.82 Å². The van der Waals surface area contributed by atoms with Crippen LogP contribution >= 0.6 is 11.6 Å². The van der Waals surface area contributed by atoms with Gasteiger partial charge < -0.3 is 0 Å². The summed E-state index contributed by atoms with van der Waals surface area (Å²) in [5.74, 6) is -0.274. The molecular weight excluding hydrogens is 393 g/mol. The Kier molecular flexibility index (Phi) is 5.40. The molecule has 0 radical (unpaired) electrons. The molecule has 0 aliphatic rings. The minimum absolute atomic E-state index is 0.274. The zero-order chi connectivity index (χ0) is 19.0. The summed E-state index contributed by atoms with van der Waals surface area (Å²) in [5, 5.41) is -0.419. The number of halogens is 6. The highest BCUT2D eigenvalue weighted by atomic mass is 35.5. The summed E-state index contributed by atoms with van der Waals surface area (Å²) >= 11 is 5.72. The van der Waals surface area contributed by atoms with E-state index < -0.39 is 44.8 Å². The van der Waals surface area contributed by atoms with Crippen LogP contribution < -0.4 is 0 Å². The topological polar surface area (TPSA) is 55.2 Å². The molecule has 0 bridgehead atoms. The molecule has 0 saturated heterocycles. The molecule has 0 atom stereocenters. The molecule has 1 heterocycles. The van der Waals surface area contributed by atoms with Crippen LogP contribution in [0.4, 0.5) is 22.0 Å². The van der Waals surface area contributed by atoms with Crippen molar-refractivity contribution < 1.29 is 30.4 Å². The first-order valence-corrected chi connectivity index (χ1v) is 8.39. The Morgan fingerprint density at radius 2 is 1.96 bits per heavy atom. The first-order valence-electron chi connectivity index (χ1n) is 6.57. The molecule has 0 amide bonds. The summed E-state index contributed by atoms with van der Waals surface area (Å²) in [7, 11) is -3.44. The van der Waals surface area contributed by atoms with Gasteiger partial charge in [-0.2, -0.15) is 26.3 Å². The Labute approximate surface area is 144 Å². The highest BCUT2D eigenvalue weighted by Gasteiger charge is 2.34. The second kappa shape index (κ2) is 6.89. The fourth-order valence-corrected chi connectivity index (χ4v) is 3.60. The Hall–Kier alpha value is -1.72. The van der Waals surface area contributed by atoms with Gasteiger partial charge in [-0.05, 0) is 18.2 Å². The van der Waals surface area contributed by atoms with E-state index in [1.807, 2.05) is 0 Å². The van der Waals surface area contributed by atoms with Crippen molar-refractivity contribution in [2.75, 3.05) is 7.05 Å². The summed E-state index contributed by atoms with van der Waals surface area (Å²) in [6.07, 6.45) is -2.75. The molecule has 25 heavy (non-hydrogen) atoms. The maximum absolute atomic E-state index is 12.8. The van der Waals surface area contributed by atoms with Crippen LogP contribution in [0.2, 0.25) is 5.02 Å². The van der Waals surface area contributed by atoms with E-state index in [1.165, 1.54) is 0 Å². The van der Waals surface area contributed by atoms with Gasteiger partial charge in [0.2, 0.25) is 10.0 Å². The van der Waals surface area contributed by atoms with Gasteiger partial charge in [0.05, 0.1) is 17.1 Å². The van der Waals surface area contributed by atoms with Gasteiger partial charge in [0, 0.05) is 19.4 Å². The molecule has 138 valence electrons. The van der Waals surface area contributed by atoms with Crippen molar-refractivity contribution in [3.8, 4) is 0 Å². The van der Waals surface area contributed by atoms with Crippen LogP contribution in [0.3, 0.4) is 0 Å². The van der Waals surface area contributed by atoms with Crippen molar-refractivity contribution >= 4 is 21.6 Å². The molecule has 0 unspecified atom stereocenters. The predicted molar refractivity (Wildman–Crippen MR) is 78.6 cm³/mol. The third-order valence-electron chi connectivity index (χ3n) is 3.27. The van der Waals surface area contributed by atoms with Crippen LogP contribution in [-0.4, -0.2) is 29.3 Å². The van der Waals surface area contributed by atoms with Gasteiger partial charge in [-0.15, -0.1) is 0 Å². The third-order valence-corrected chi connectivity index (χ3v) is 5.55. The van der Waals surface area contributed by atoms with Gasteiger partial charge in [0.25, 0.3) is 0 Å². The van der Waals surface area contributed by atoms with Crippen molar-refractivity contribution in [3.05, 3.63) is 47.0 Å². The molecule has 0 fully saturated rings. The number of rotatable bonds is 5. The Morgan fingerprint density at radius 1 is 1.32 bits per heavy atom. The van der Waals surface area contributed by atoms with E-state index >= 15 is 0 Å². The highest BCUT2D eigenvalue weighted by Crippen LogP contribution is 2.34. The molecule has 1 aromatic carbocycles. The van der Waals surface area contributed by atoms with Crippen molar-refractivity contribution in [1.29, 1.82) is 0 Å². The van der Waals surface area contributed by atoms with Crippen molar-refractivity contribution in [3.63, 3.8) is 0 Å². The molecule has 0 aliphatic carbocycles. The van der Waals surface area contributed by atoms with E-state index in [0.29, 0.717) is 21.0 Å². The number of hydrogen-bond acceptors (Lipinski definition) is 3. The Bertz CT molecular complexity index is 867. The van der Waals surface area contributed by atoms with Gasteiger partial charge in [0.15, 0.2) is 0 Å². The molecule has 12 heteroatoms. The van der Waals surface area contributed by atoms with E-state index in [9.17, 15) is 30.4 Å². The lowest BCUT2D eigenvalue weighted by molar-refractivity contribution is -0.137. The van der Waals surface area contributed by atoms with Crippen LogP contribution in [0, 0.1) is 0 Å². The number of sulfonamides is 1. The normalized spacial score (nSPS) is 13.0.